The summed E-state index contributed by atoms with van der Waals surface area (Å²) in [5.74, 6) is -0.0516. The van der Waals surface area contributed by atoms with Gasteiger partial charge in [-0.05, 0) is 18.6 Å². The van der Waals surface area contributed by atoms with Crippen LogP contribution in [-0.2, 0) is 9.84 Å². The molecular formula is C14H15N3O3S2. The van der Waals surface area contributed by atoms with Gasteiger partial charge in [-0.25, -0.2) is 13.4 Å². The van der Waals surface area contributed by atoms with Crippen molar-refractivity contribution in [3.8, 4) is 10.6 Å². The van der Waals surface area contributed by atoms with Gasteiger partial charge in [-0.1, -0.05) is 0 Å². The van der Waals surface area contributed by atoms with Crippen molar-refractivity contribution in [3.05, 3.63) is 35.6 Å². The summed E-state index contributed by atoms with van der Waals surface area (Å²) in [5, 5.41) is 2.45. The van der Waals surface area contributed by atoms with Gasteiger partial charge < -0.3 is 4.90 Å². The molecule has 116 valence electrons. The molecule has 0 aromatic carbocycles. The molecule has 1 amide bonds. The normalized spacial score (nSPS) is 20.0. The topological polar surface area (TPSA) is 80.2 Å². The van der Waals surface area contributed by atoms with E-state index < -0.39 is 9.84 Å². The highest BCUT2D eigenvalue weighted by atomic mass is 32.2. The molecule has 1 saturated heterocycles. The fourth-order valence-electron chi connectivity index (χ4n) is 2.43. The maximum atomic E-state index is 12.5. The lowest BCUT2D eigenvalue weighted by atomic mass is 10.2. The van der Waals surface area contributed by atoms with Gasteiger partial charge in [0, 0.05) is 36.4 Å². The van der Waals surface area contributed by atoms with Crippen molar-refractivity contribution >= 4 is 27.1 Å². The van der Waals surface area contributed by atoms with E-state index in [9.17, 15) is 13.2 Å². The van der Waals surface area contributed by atoms with E-state index in [0.717, 1.165) is 10.6 Å². The zero-order valence-corrected chi connectivity index (χ0v) is 13.6. The number of amides is 1. The van der Waals surface area contributed by atoms with Crippen molar-refractivity contribution in [2.75, 3.05) is 18.6 Å². The highest BCUT2D eigenvalue weighted by molar-refractivity contribution is 7.91. The second-order valence-electron chi connectivity index (χ2n) is 5.25. The lowest BCUT2D eigenvalue weighted by molar-refractivity contribution is 0.0742. The van der Waals surface area contributed by atoms with E-state index in [4.69, 9.17) is 0 Å². The average molecular weight is 337 g/mol. The molecule has 0 saturated carbocycles. The van der Waals surface area contributed by atoms with Crippen LogP contribution in [0.15, 0.2) is 29.9 Å². The quantitative estimate of drug-likeness (QED) is 0.847. The Bertz CT molecular complexity index is 787. The van der Waals surface area contributed by atoms with Crippen LogP contribution in [0.2, 0.25) is 0 Å². The van der Waals surface area contributed by atoms with Crippen LogP contribution in [0, 0.1) is 0 Å². The first-order valence-electron chi connectivity index (χ1n) is 6.80. The Morgan fingerprint density at radius 1 is 1.36 bits per heavy atom. The van der Waals surface area contributed by atoms with Crippen molar-refractivity contribution in [1.82, 2.24) is 14.9 Å². The lowest BCUT2D eigenvalue weighted by Crippen LogP contribution is -2.38. The molecule has 22 heavy (non-hydrogen) atoms. The smallest absolute Gasteiger partial charge is 0.273 e. The summed E-state index contributed by atoms with van der Waals surface area (Å²) in [6.07, 6.45) is 3.84. The summed E-state index contributed by atoms with van der Waals surface area (Å²) in [4.78, 5) is 22.3. The Kier molecular flexibility index (Phi) is 3.96. The Labute approximate surface area is 132 Å². The molecule has 8 heteroatoms. The SMILES string of the molecule is CN(C(=O)c1csc(-c2ccncc2)n1)C1CCS(=O)(=O)C1. The van der Waals surface area contributed by atoms with Gasteiger partial charge in [0.25, 0.3) is 5.91 Å². The zero-order valence-electron chi connectivity index (χ0n) is 12.0. The minimum Gasteiger partial charge on any atom is -0.336 e. The molecule has 1 aliphatic rings. The summed E-state index contributed by atoms with van der Waals surface area (Å²) in [7, 11) is -1.37. The van der Waals surface area contributed by atoms with Gasteiger partial charge >= 0.3 is 0 Å². The Morgan fingerprint density at radius 3 is 2.73 bits per heavy atom. The van der Waals surface area contributed by atoms with Gasteiger partial charge in [-0.2, -0.15) is 0 Å². The molecule has 3 rings (SSSR count). The van der Waals surface area contributed by atoms with Gasteiger partial charge in [-0.3, -0.25) is 9.78 Å². The number of carbonyl (C=O) groups excluding carboxylic acids is 1. The molecule has 2 aromatic heterocycles. The number of thiazole rings is 1. The molecule has 1 aliphatic heterocycles. The molecule has 1 atom stereocenters. The number of carbonyl (C=O) groups is 1. The van der Waals surface area contributed by atoms with Crippen molar-refractivity contribution in [1.29, 1.82) is 0 Å². The van der Waals surface area contributed by atoms with E-state index >= 15 is 0 Å². The number of nitrogens with zero attached hydrogens (tertiary/aromatic N) is 3. The summed E-state index contributed by atoms with van der Waals surface area (Å²) in [6.45, 7) is 0. The predicted octanol–water partition coefficient (Wildman–Crippen LogP) is 1.46. The molecule has 3 heterocycles. The van der Waals surface area contributed by atoms with Crippen molar-refractivity contribution in [2.24, 2.45) is 0 Å². The maximum Gasteiger partial charge on any atom is 0.273 e. The van der Waals surface area contributed by atoms with E-state index in [1.54, 1.807) is 24.8 Å². The van der Waals surface area contributed by atoms with E-state index in [2.05, 4.69) is 9.97 Å². The van der Waals surface area contributed by atoms with Crippen LogP contribution in [0.1, 0.15) is 16.9 Å². The molecule has 0 N–H and O–H groups in total. The van der Waals surface area contributed by atoms with E-state index in [0.29, 0.717) is 12.1 Å². The van der Waals surface area contributed by atoms with Gasteiger partial charge in [-0.15, -0.1) is 11.3 Å². The third-order valence-corrected chi connectivity index (χ3v) is 6.37. The third kappa shape index (κ3) is 3.02. The molecular weight excluding hydrogens is 322 g/mol. The number of hydrogen-bond acceptors (Lipinski definition) is 6. The summed E-state index contributed by atoms with van der Waals surface area (Å²) in [6, 6.07) is 3.41. The number of hydrogen-bond donors (Lipinski definition) is 0. The largest absolute Gasteiger partial charge is 0.336 e. The second-order valence-corrected chi connectivity index (χ2v) is 8.33. The van der Waals surface area contributed by atoms with Gasteiger partial charge in [0.15, 0.2) is 9.84 Å². The Balaban J connectivity index is 1.77. The van der Waals surface area contributed by atoms with Crippen LogP contribution in [0.3, 0.4) is 0 Å². The molecule has 6 nitrogen and oxygen atoms in total. The molecule has 0 radical (unpaired) electrons. The van der Waals surface area contributed by atoms with Crippen LogP contribution in [0.4, 0.5) is 0 Å². The maximum absolute atomic E-state index is 12.5. The molecule has 0 bridgehead atoms. The van der Waals surface area contributed by atoms with Gasteiger partial charge in [0.2, 0.25) is 0 Å². The van der Waals surface area contributed by atoms with Crippen LogP contribution in [0.25, 0.3) is 10.6 Å². The number of sulfone groups is 1. The van der Waals surface area contributed by atoms with Gasteiger partial charge in [0.05, 0.1) is 11.5 Å². The predicted molar refractivity (Wildman–Crippen MR) is 84.5 cm³/mol. The van der Waals surface area contributed by atoms with Crippen LogP contribution in [0.5, 0.6) is 0 Å². The van der Waals surface area contributed by atoms with Crippen LogP contribution < -0.4 is 0 Å². The number of rotatable bonds is 3. The van der Waals surface area contributed by atoms with E-state index in [1.165, 1.54) is 16.2 Å². The summed E-state index contributed by atoms with van der Waals surface area (Å²) >= 11 is 1.39. The van der Waals surface area contributed by atoms with Crippen molar-refractivity contribution in [2.45, 2.75) is 12.5 Å². The number of aromatic nitrogens is 2. The zero-order chi connectivity index (χ0) is 15.7. The lowest BCUT2D eigenvalue weighted by Gasteiger charge is -2.22. The molecule has 0 spiro atoms. The molecule has 0 aliphatic carbocycles. The Hall–Kier alpha value is -1.80. The second kappa shape index (κ2) is 5.77. The molecule has 1 fully saturated rings. The molecule has 2 aromatic rings. The van der Waals surface area contributed by atoms with Crippen molar-refractivity contribution in [3.63, 3.8) is 0 Å². The fraction of sp³-hybridized carbons (Fsp3) is 0.357. The minimum absolute atomic E-state index is 0.0383. The minimum atomic E-state index is -3.01. The monoisotopic (exact) mass is 337 g/mol. The number of pyridine rings is 1. The first-order chi connectivity index (χ1) is 10.5. The highest BCUT2D eigenvalue weighted by Gasteiger charge is 2.33. The van der Waals surface area contributed by atoms with E-state index in [1.807, 2.05) is 12.1 Å². The van der Waals surface area contributed by atoms with Crippen LogP contribution in [-0.4, -0.2) is 53.8 Å². The average Bonchev–Trinajstić information content (AvgIpc) is 3.13. The highest BCUT2D eigenvalue weighted by Crippen LogP contribution is 2.24. The van der Waals surface area contributed by atoms with Crippen molar-refractivity contribution < 1.29 is 13.2 Å². The third-order valence-electron chi connectivity index (χ3n) is 3.73. The van der Waals surface area contributed by atoms with Crippen LogP contribution >= 0.6 is 11.3 Å². The van der Waals surface area contributed by atoms with Gasteiger partial charge in [0.1, 0.15) is 10.7 Å². The Morgan fingerprint density at radius 2 is 2.09 bits per heavy atom. The van der Waals surface area contributed by atoms with E-state index in [-0.39, 0.29) is 23.5 Å². The molecule has 1 unspecified atom stereocenters. The summed E-state index contributed by atoms with van der Waals surface area (Å²) < 4.78 is 23.1. The fourth-order valence-corrected chi connectivity index (χ4v) is 5.00. The standard InChI is InChI=1S/C14H15N3O3S2/c1-17(11-4-7-22(19,20)9-11)14(18)12-8-21-13(16-12)10-2-5-15-6-3-10/h2-3,5-6,8,11H,4,7,9H2,1H3. The summed E-state index contributed by atoms with van der Waals surface area (Å²) in [5.41, 5.74) is 1.26. The first kappa shape index (κ1) is 15.1. The first-order valence-corrected chi connectivity index (χ1v) is 9.50.